The van der Waals surface area contributed by atoms with Crippen molar-refractivity contribution in [2.45, 2.75) is 52.6 Å². The van der Waals surface area contributed by atoms with Gasteiger partial charge < -0.3 is 10.2 Å². The van der Waals surface area contributed by atoms with E-state index in [0.717, 1.165) is 21.7 Å². The minimum Gasteiger partial charge on any atom is -0.354 e. The number of anilines is 1. The molecule has 1 atom stereocenters. The molecular weight excluding hydrogens is 593 g/mol. The predicted molar refractivity (Wildman–Crippen MR) is 172 cm³/mol. The van der Waals surface area contributed by atoms with Gasteiger partial charge in [-0.2, -0.15) is 0 Å². The Hall–Kier alpha value is -3.07. The maximum atomic E-state index is 14.2. The third-order valence-electron chi connectivity index (χ3n) is 6.82. The maximum Gasteiger partial charge on any atom is 0.244 e. The van der Waals surface area contributed by atoms with Gasteiger partial charge in [-0.3, -0.25) is 13.9 Å². The quantitative estimate of drug-likeness (QED) is 0.240. The Kier molecular flexibility index (Phi) is 11.9. The van der Waals surface area contributed by atoms with Gasteiger partial charge in [0.15, 0.2) is 0 Å². The van der Waals surface area contributed by atoms with Crippen LogP contribution in [0, 0.1) is 5.92 Å². The number of rotatable bonds is 13. The fourth-order valence-electron chi connectivity index (χ4n) is 4.45. The molecule has 3 aromatic carbocycles. The van der Waals surface area contributed by atoms with E-state index < -0.39 is 28.5 Å². The van der Waals surface area contributed by atoms with Crippen molar-refractivity contribution in [2.24, 2.45) is 5.92 Å². The Morgan fingerprint density at radius 1 is 0.857 bits per heavy atom. The summed E-state index contributed by atoms with van der Waals surface area (Å²) in [5, 5.41) is 3.64. The average molecular weight is 633 g/mol. The second kappa shape index (κ2) is 14.9. The number of benzene rings is 3. The zero-order chi connectivity index (χ0) is 31.0. The SMILES string of the molecule is CC(C)CNC(=O)[C@H](Cc1ccccc1)N(Cc1ccc(Cl)c(Cl)c1)C(=O)CN(c1ccc(C(C)C)cc1)S(C)(=O)=O. The second-order valence-corrected chi connectivity index (χ2v) is 13.9. The van der Waals surface area contributed by atoms with Crippen LogP contribution < -0.4 is 9.62 Å². The standard InChI is InChI=1S/C32H39Cl2N3O4S/c1-22(2)19-35-32(39)30(18-24-9-7-6-8-10-24)36(20-25-11-16-28(33)29(34)17-25)31(38)21-37(42(5,40)41)27-14-12-26(13-15-27)23(3)4/h6-17,22-23,30H,18-21H2,1-5H3,(H,35,39)/t30-/m0/s1. The van der Waals surface area contributed by atoms with Gasteiger partial charge >= 0.3 is 0 Å². The zero-order valence-electron chi connectivity index (χ0n) is 24.7. The number of nitrogens with one attached hydrogen (secondary N) is 1. The minimum atomic E-state index is -3.84. The molecule has 0 aromatic heterocycles. The van der Waals surface area contributed by atoms with Crippen molar-refractivity contribution >= 4 is 50.7 Å². The summed E-state index contributed by atoms with van der Waals surface area (Å²) >= 11 is 12.4. The van der Waals surface area contributed by atoms with E-state index in [4.69, 9.17) is 23.2 Å². The predicted octanol–water partition coefficient (Wildman–Crippen LogP) is 6.30. The van der Waals surface area contributed by atoms with E-state index in [1.165, 1.54) is 4.90 Å². The highest BCUT2D eigenvalue weighted by Crippen LogP contribution is 2.26. The Balaban J connectivity index is 2.06. The third-order valence-corrected chi connectivity index (χ3v) is 8.70. The van der Waals surface area contributed by atoms with Gasteiger partial charge in [0.1, 0.15) is 12.6 Å². The zero-order valence-corrected chi connectivity index (χ0v) is 27.0. The molecule has 0 aliphatic rings. The van der Waals surface area contributed by atoms with Crippen molar-refractivity contribution < 1.29 is 18.0 Å². The van der Waals surface area contributed by atoms with Crippen LogP contribution in [-0.4, -0.2) is 50.5 Å². The number of sulfonamides is 1. The highest BCUT2D eigenvalue weighted by atomic mass is 35.5. The lowest BCUT2D eigenvalue weighted by molar-refractivity contribution is -0.140. The maximum absolute atomic E-state index is 14.2. The third kappa shape index (κ3) is 9.48. The molecule has 1 N–H and O–H groups in total. The van der Waals surface area contributed by atoms with Gasteiger partial charge in [0, 0.05) is 19.5 Å². The lowest BCUT2D eigenvalue weighted by Crippen LogP contribution is -2.53. The molecule has 0 fully saturated rings. The molecule has 0 spiro atoms. The van der Waals surface area contributed by atoms with Gasteiger partial charge in [-0.1, -0.05) is 99.4 Å². The van der Waals surface area contributed by atoms with E-state index in [2.05, 4.69) is 5.32 Å². The Morgan fingerprint density at radius 2 is 1.50 bits per heavy atom. The van der Waals surface area contributed by atoms with Crippen LogP contribution in [0.25, 0.3) is 0 Å². The number of amides is 2. The van der Waals surface area contributed by atoms with Gasteiger partial charge in [0.2, 0.25) is 21.8 Å². The molecule has 42 heavy (non-hydrogen) atoms. The van der Waals surface area contributed by atoms with Crippen LogP contribution in [0.2, 0.25) is 10.0 Å². The second-order valence-electron chi connectivity index (χ2n) is 11.1. The topological polar surface area (TPSA) is 86.8 Å². The van der Waals surface area contributed by atoms with Gasteiger partial charge in [-0.25, -0.2) is 8.42 Å². The van der Waals surface area contributed by atoms with Crippen molar-refractivity contribution in [1.29, 1.82) is 0 Å². The van der Waals surface area contributed by atoms with Crippen LogP contribution in [0.5, 0.6) is 0 Å². The molecule has 7 nitrogen and oxygen atoms in total. The number of hydrogen-bond acceptors (Lipinski definition) is 4. The number of carbonyl (C=O) groups is 2. The van der Waals surface area contributed by atoms with E-state index in [1.807, 2.05) is 70.2 Å². The molecule has 3 aromatic rings. The lowest BCUT2D eigenvalue weighted by atomic mass is 10.0. The molecule has 0 bridgehead atoms. The summed E-state index contributed by atoms with van der Waals surface area (Å²) < 4.78 is 27.0. The van der Waals surface area contributed by atoms with E-state index in [-0.39, 0.29) is 30.7 Å². The van der Waals surface area contributed by atoms with Crippen LogP contribution in [0.1, 0.15) is 50.3 Å². The summed E-state index contributed by atoms with van der Waals surface area (Å²) in [4.78, 5) is 29.3. The van der Waals surface area contributed by atoms with E-state index in [1.54, 1.807) is 30.3 Å². The first-order chi connectivity index (χ1) is 19.8. The summed E-state index contributed by atoms with van der Waals surface area (Å²) in [5.74, 6) is -0.398. The normalized spacial score (nSPS) is 12.3. The Morgan fingerprint density at radius 3 is 2.05 bits per heavy atom. The molecule has 0 aliphatic heterocycles. The molecule has 3 rings (SSSR count). The smallest absolute Gasteiger partial charge is 0.244 e. The summed E-state index contributed by atoms with van der Waals surface area (Å²) in [6, 6.07) is 20.6. The Labute approximate surface area is 259 Å². The molecule has 0 saturated carbocycles. The molecule has 10 heteroatoms. The van der Waals surface area contributed by atoms with Crippen LogP contribution in [0.15, 0.2) is 72.8 Å². The number of hydrogen-bond donors (Lipinski definition) is 1. The highest BCUT2D eigenvalue weighted by molar-refractivity contribution is 7.92. The largest absolute Gasteiger partial charge is 0.354 e. The number of carbonyl (C=O) groups excluding carboxylic acids is 2. The first kappa shape index (κ1) is 33.4. The van der Waals surface area contributed by atoms with Gasteiger partial charge in [-0.05, 0) is 52.8 Å². The van der Waals surface area contributed by atoms with Crippen molar-refractivity contribution in [3.05, 3.63) is 99.5 Å². The summed E-state index contributed by atoms with van der Waals surface area (Å²) in [7, 11) is -3.84. The van der Waals surface area contributed by atoms with E-state index in [0.29, 0.717) is 27.8 Å². The monoisotopic (exact) mass is 631 g/mol. The molecule has 0 saturated heterocycles. The van der Waals surface area contributed by atoms with Gasteiger partial charge in [-0.15, -0.1) is 0 Å². The van der Waals surface area contributed by atoms with Crippen LogP contribution in [0.4, 0.5) is 5.69 Å². The molecule has 2 amide bonds. The van der Waals surface area contributed by atoms with Gasteiger partial charge in [0.05, 0.1) is 22.0 Å². The molecule has 0 unspecified atom stereocenters. The molecule has 0 heterocycles. The van der Waals surface area contributed by atoms with Crippen molar-refractivity contribution in [1.82, 2.24) is 10.2 Å². The first-order valence-electron chi connectivity index (χ1n) is 13.9. The van der Waals surface area contributed by atoms with Crippen molar-refractivity contribution in [3.8, 4) is 0 Å². The molecule has 0 aliphatic carbocycles. The summed E-state index contributed by atoms with van der Waals surface area (Å²) in [5.41, 5.74) is 2.93. The highest BCUT2D eigenvalue weighted by Gasteiger charge is 2.33. The van der Waals surface area contributed by atoms with Crippen molar-refractivity contribution in [2.75, 3.05) is 23.7 Å². The van der Waals surface area contributed by atoms with E-state index >= 15 is 0 Å². The fraction of sp³-hybridized carbons (Fsp3) is 0.375. The molecule has 0 radical (unpaired) electrons. The van der Waals surface area contributed by atoms with Gasteiger partial charge in [0.25, 0.3) is 0 Å². The summed E-state index contributed by atoms with van der Waals surface area (Å²) in [6.45, 7) is 8.03. The number of nitrogens with zero attached hydrogens (tertiary/aromatic N) is 2. The van der Waals surface area contributed by atoms with Crippen molar-refractivity contribution in [3.63, 3.8) is 0 Å². The average Bonchev–Trinajstić information content (AvgIpc) is 2.94. The number of halogens is 2. The van der Waals surface area contributed by atoms with Crippen LogP contribution >= 0.6 is 23.2 Å². The lowest BCUT2D eigenvalue weighted by Gasteiger charge is -2.33. The first-order valence-corrected chi connectivity index (χ1v) is 16.5. The molecule has 226 valence electrons. The Bertz CT molecular complexity index is 1460. The molecular formula is C32H39Cl2N3O4S. The fourth-order valence-corrected chi connectivity index (χ4v) is 5.62. The minimum absolute atomic E-state index is 0.0200. The van der Waals surface area contributed by atoms with Crippen LogP contribution in [-0.2, 0) is 32.6 Å². The van der Waals surface area contributed by atoms with E-state index in [9.17, 15) is 18.0 Å². The van der Waals surface area contributed by atoms with Crippen LogP contribution in [0.3, 0.4) is 0 Å². The summed E-state index contributed by atoms with van der Waals surface area (Å²) in [6.07, 6.45) is 1.30.